The molecule has 0 aliphatic carbocycles. The molecule has 0 saturated carbocycles. The molecular weight excluding hydrogens is 356 g/mol. The van der Waals surface area contributed by atoms with Gasteiger partial charge in [-0.3, -0.25) is 0 Å². The van der Waals surface area contributed by atoms with E-state index in [2.05, 4.69) is 6.92 Å². The van der Waals surface area contributed by atoms with E-state index < -0.39 is 11.9 Å². The SMILES string of the molecule is CCCCCCCCCOc1ccc(-c2ccc(C(=O)O)cc2)cc1C(=O)O. The number of benzene rings is 2. The fourth-order valence-electron chi connectivity index (χ4n) is 3.05. The topological polar surface area (TPSA) is 83.8 Å². The molecule has 0 aromatic heterocycles. The summed E-state index contributed by atoms with van der Waals surface area (Å²) in [7, 11) is 0. The lowest BCUT2D eigenvalue weighted by Gasteiger charge is -2.11. The van der Waals surface area contributed by atoms with Gasteiger partial charge in [-0.2, -0.15) is 0 Å². The van der Waals surface area contributed by atoms with E-state index in [1.54, 1.807) is 30.3 Å². The van der Waals surface area contributed by atoms with E-state index in [9.17, 15) is 14.7 Å². The van der Waals surface area contributed by atoms with Gasteiger partial charge in [0.25, 0.3) is 0 Å². The highest BCUT2D eigenvalue weighted by Crippen LogP contribution is 2.27. The molecule has 2 aromatic rings. The number of ether oxygens (including phenoxy) is 1. The quantitative estimate of drug-likeness (QED) is 0.446. The van der Waals surface area contributed by atoms with Crippen molar-refractivity contribution < 1.29 is 24.5 Å². The summed E-state index contributed by atoms with van der Waals surface area (Å²) in [5.41, 5.74) is 1.77. The molecule has 0 bridgehead atoms. The summed E-state index contributed by atoms with van der Waals surface area (Å²) >= 11 is 0. The molecule has 2 rings (SSSR count). The van der Waals surface area contributed by atoms with E-state index in [-0.39, 0.29) is 11.1 Å². The molecular formula is C23H28O5. The largest absolute Gasteiger partial charge is 0.493 e. The number of aromatic carboxylic acids is 2. The minimum atomic E-state index is -1.04. The van der Waals surface area contributed by atoms with Gasteiger partial charge in [-0.25, -0.2) is 9.59 Å². The van der Waals surface area contributed by atoms with Gasteiger partial charge in [-0.1, -0.05) is 63.6 Å². The molecule has 0 amide bonds. The van der Waals surface area contributed by atoms with Gasteiger partial charge in [0.05, 0.1) is 12.2 Å². The smallest absolute Gasteiger partial charge is 0.339 e. The second-order valence-electron chi connectivity index (χ2n) is 6.87. The average Bonchev–Trinajstić information content (AvgIpc) is 2.70. The molecule has 2 N–H and O–H groups in total. The zero-order chi connectivity index (χ0) is 20.4. The van der Waals surface area contributed by atoms with E-state index in [0.29, 0.717) is 17.9 Å². The normalized spacial score (nSPS) is 10.6. The van der Waals surface area contributed by atoms with Crippen molar-refractivity contribution >= 4 is 11.9 Å². The third-order valence-corrected chi connectivity index (χ3v) is 4.68. The van der Waals surface area contributed by atoms with Crippen molar-refractivity contribution in [3.8, 4) is 16.9 Å². The first-order valence-electron chi connectivity index (χ1n) is 9.86. The standard InChI is InChI=1S/C23H28O5/c1-2-3-4-5-6-7-8-15-28-21-14-13-19(16-20(21)23(26)27)17-9-11-18(12-10-17)22(24)25/h9-14,16H,2-8,15H2,1H3,(H,24,25)(H,26,27). The van der Waals surface area contributed by atoms with Crippen molar-refractivity contribution in [3.63, 3.8) is 0 Å². The molecule has 150 valence electrons. The zero-order valence-corrected chi connectivity index (χ0v) is 16.3. The first-order chi connectivity index (χ1) is 13.5. The number of unbranched alkanes of at least 4 members (excludes halogenated alkanes) is 6. The Morgan fingerprint density at radius 3 is 2.00 bits per heavy atom. The summed E-state index contributed by atoms with van der Waals surface area (Å²) in [4.78, 5) is 22.6. The van der Waals surface area contributed by atoms with E-state index in [1.165, 1.54) is 44.2 Å². The number of carboxylic acid groups (broad SMARTS) is 2. The van der Waals surface area contributed by atoms with E-state index in [4.69, 9.17) is 9.84 Å². The lowest BCUT2D eigenvalue weighted by molar-refractivity contribution is 0.0683. The Balaban J connectivity index is 1.97. The lowest BCUT2D eigenvalue weighted by atomic mass is 10.0. The van der Waals surface area contributed by atoms with Gasteiger partial charge in [0.15, 0.2) is 0 Å². The molecule has 0 atom stereocenters. The Bertz CT molecular complexity index is 780. The molecule has 5 nitrogen and oxygen atoms in total. The Hall–Kier alpha value is -2.82. The summed E-state index contributed by atoms with van der Waals surface area (Å²) in [6, 6.07) is 11.4. The van der Waals surface area contributed by atoms with Crippen LogP contribution in [0.5, 0.6) is 5.75 Å². The lowest BCUT2D eigenvalue weighted by Crippen LogP contribution is -2.05. The monoisotopic (exact) mass is 384 g/mol. The number of hydrogen-bond donors (Lipinski definition) is 2. The van der Waals surface area contributed by atoms with Gasteiger partial charge in [-0.15, -0.1) is 0 Å². The predicted molar refractivity (Wildman–Crippen MR) is 109 cm³/mol. The van der Waals surface area contributed by atoms with E-state index in [1.807, 2.05) is 0 Å². The molecule has 0 spiro atoms. The number of rotatable bonds is 12. The third kappa shape index (κ3) is 6.41. The van der Waals surface area contributed by atoms with Gasteiger partial charge >= 0.3 is 11.9 Å². The van der Waals surface area contributed by atoms with Crippen LogP contribution in [0, 0.1) is 0 Å². The summed E-state index contributed by atoms with van der Waals surface area (Å²) in [5, 5.41) is 18.5. The van der Waals surface area contributed by atoms with Gasteiger partial charge < -0.3 is 14.9 Å². The van der Waals surface area contributed by atoms with Gasteiger partial charge in [0, 0.05) is 0 Å². The molecule has 0 aliphatic rings. The van der Waals surface area contributed by atoms with Crippen molar-refractivity contribution in [2.45, 2.75) is 51.9 Å². The number of hydrogen-bond acceptors (Lipinski definition) is 3. The van der Waals surface area contributed by atoms with Crippen molar-refractivity contribution in [3.05, 3.63) is 53.6 Å². The van der Waals surface area contributed by atoms with Crippen LogP contribution >= 0.6 is 0 Å². The summed E-state index contributed by atoms with van der Waals surface area (Å²) in [6.45, 7) is 2.70. The fourth-order valence-corrected chi connectivity index (χ4v) is 3.05. The van der Waals surface area contributed by atoms with Gasteiger partial charge in [-0.05, 0) is 41.8 Å². The minimum absolute atomic E-state index is 0.114. The van der Waals surface area contributed by atoms with Crippen LogP contribution in [0.2, 0.25) is 0 Å². The maximum absolute atomic E-state index is 11.6. The highest BCUT2D eigenvalue weighted by molar-refractivity contribution is 5.93. The first kappa shape index (κ1) is 21.5. The first-order valence-corrected chi connectivity index (χ1v) is 9.86. The van der Waals surface area contributed by atoms with Crippen LogP contribution in [-0.4, -0.2) is 28.8 Å². The maximum atomic E-state index is 11.6. The predicted octanol–water partition coefficient (Wildman–Crippen LogP) is 5.88. The Morgan fingerprint density at radius 1 is 0.786 bits per heavy atom. The van der Waals surface area contributed by atoms with Crippen molar-refractivity contribution in [2.24, 2.45) is 0 Å². The van der Waals surface area contributed by atoms with Crippen molar-refractivity contribution in [1.29, 1.82) is 0 Å². The molecule has 0 heterocycles. The highest BCUT2D eigenvalue weighted by Gasteiger charge is 2.13. The van der Waals surface area contributed by atoms with Crippen LogP contribution in [0.4, 0.5) is 0 Å². The fraction of sp³-hybridized carbons (Fsp3) is 0.391. The van der Waals surface area contributed by atoms with Crippen molar-refractivity contribution in [1.82, 2.24) is 0 Å². The molecule has 0 unspecified atom stereocenters. The van der Waals surface area contributed by atoms with Crippen LogP contribution in [0.1, 0.15) is 72.6 Å². The summed E-state index contributed by atoms with van der Waals surface area (Å²) < 4.78 is 5.71. The second-order valence-corrected chi connectivity index (χ2v) is 6.87. The molecule has 2 aromatic carbocycles. The molecule has 28 heavy (non-hydrogen) atoms. The third-order valence-electron chi connectivity index (χ3n) is 4.68. The Kier molecular flexibility index (Phi) is 8.53. The Morgan fingerprint density at radius 2 is 1.39 bits per heavy atom. The summed E-state index contributed by atoms with van der Waals surface area (Å²) in [6.07, 6.45) is 8.20. The van der Waals surface area contributed by atoms with Crippen LogP contribution in [0.25, 0.3) is 11.1 Å². The minimum Gasteiger partial charge on any atom is -0.493 e. The summed E-state index contributed by atoms with van der Waals surface area (Å²) in [5.74, 6) is -1.67. The van der Waals surface area contributed by atoms with Crippen LogP contribution in [0.15, 0.2) is 42.5 Å². The Labute approximate surface area is 166 Å². The molecule has 0 aliphatic heterocycles. The zero-order valence-electron chi connectivity index (χ0n) is 16.3. The maximum Gasteiger partial charge on any atom is 0.339 e. The van der Waals surface area contributed by atoms with Crippen LogP contribution < -0.4 is 4.74 Å². The van der Waals surface area contributed by atoms with Crippen molar-refractivity contribution in [2.75, 3.05) is 6.61 Å². The molecule has 0 radical (unpaired) electrons. The second kappa shape index (κ2) is 11.1. The molecule has 0 saturated heterocycles. The van der Waals surface area contributed by atoms with Crippen LogP contribution in [-0.2, 0) is 0 Å². The highest BCUT2D eigenvalue weighted by atomic mass is 16.5. The number of carboxylic acids is 2. The molecule has 0 fully saturated rings. The van der Waals surface area contributed by atoms with E-state index in [0.717, 1.165) is 18.4 Å². The molecule has 5 heteroatoms. The average molecular weight is 384 g/mol. The van der Waals surface area contributed by atoms with E-state index >= 15 is 0 Å². The van der Waals surface area contributed by atoms with Gasteiger partial charge in [0.2, 0.25) is 0 Å². The number of carbonyl (C=O) groups is 2. The van der Waals surface area contributed by atoms with Crippen LogP contribution in [0.3, 0.4) is 0 Å². The van der Waals surface area contributed by atoms with Gasteiger partial charge in [0.1, 0.15) is 11.3 Å².